The summed E-state index contributed by atoms with van der Waals surface area (Å²) in [7, 11) is 0. The van der Waals surface area contributed by atoms with Crippen molar-refractivity contribution in [2.75, 3.05) is 6.54 Å². The minimum Gasteiger partial charge on any atom is -0.317 e. The highest BCUT2D eigenvalue weighted by molar-refractivity contribution is 5.26. The van der Waals surface area contributed by atoms with Gasteiger partial charge in [-0.05, 0) is 17.0 Å². The lowest BCUT2D eigenvalue weighted by Crippen LogP contribution is -1.92. The molecule has 1 heteroatoms. The molecule has 0 aromatic heterocycles. The van der Waals surface area contributed by atoms with Gasteiger partial charge >= 0.3 is 0 Å². The summed E-state index contributed by atoms with van der Waals surface area (Å²) in [5.74, 6) is 0.577. The fourth-order valence-electron chi connectivity index (χ4n) is 1.29. The molecule has 0 unspecified atom stereocenters. The smallest absolute Gasteiger partial charge is 0.218 e. The Morgan fingerprint density at radius 1 is 1.38 bits per heavy atom. The zero-order valence-corrected chi connectivity index (χ0v) is 8.25. The van der Waals surface area contributed by atoms with Gasteiger partial charge < -0.3 is 4.85 Å². The third-order valence-electron chi connectivity index (χ3n) is 2.13. The Labute approximate surface area is 80.2 Å². The fourth-order valence-corrected chi connectivity index (χ4v) is 1.29. The van der Waals surface area contributed by atoms with E-state index >= 15 is 0 Å². The Kier molecular flexibility index (Phi) is 3.52. The molecule has 0 aliphatic heterocycles. The van der Waals surface area contributed by atoms with Crippen molar-refractivity contribution in [2.24, 2.45) is 0 Å². The molecular weight excluding hydrogens is 158 g/mol. The summed E-state index contributed by atoms with van der Waals surface area (Å²) < 4.78 is 0. The molecule has 0 aliphatic rings. The molecule has 68 valence electrons. The van der Waals surface area contributed by atoms with Crippen molar-refractivity contribution in [1.29, 1.82) is 0 Å². The Morgan fingerprint density at radius 2 is 2.15 bits per heavy atom. The molecule has 1 nitrogen and oxygen atoms in total. The van der Waals surface area contributed by atoms with E-state index < -0.39 is 0 Å². The lowest BCUT2D eigenvalue weighted by atomic mass is 10.00. The van der Waals surface area contributed by atoms with Crippen molar-refractivity contribution in [3.63, 3.8) is 0 Å². The normalized spacial score (nSPS) is 10.0. The maximum absolute atomic E-state index is 6.72. The fraction of sp³-hybridized carbons (Fsp3) is 0.417. The predicted octanol–water partition coefficient (Wildman–Crippen LogP) is 3.27. The van der Waals surface area contributed by atoms with E-state index in [1.165, 1.54) is 11.1 Å². The van der Waals surface area contributed by atoms with Gasteiger partial charge in [-0.1, -0.05) is 38.1 Å². The molecule has 0 aliphatic carbocycles. The van der Waals surface area contributed by atoms with Crippen molar-refractivity contribution in [3.8, 4) is 0 Å². The summed E-state index contributed by atoms with van der Waals surface area (Å²) in [4.78, 5) is 3.36. The van der Waals surface area contributed by atoms with Gasteiger partial charge in [-0.3, -0.25) is 0 Å². The molecule has 0 saturated heterocycles. The summed E-state index contributed by atoms with van der Waals surface area (Å²) in [5, 5.41) is 0. The van der Waals surface area contributed by atoms with Crippen LogP contribution in [0, 0.1) is 6.57 Å². The third-order valence-corrected chi connectivity index (χ3v) is 2.13. The van der Waals surface area contributed by atoms with Crippen LogP contribution in [0.5, 0.6) is 0 Å². The zero-order chi connectivity index (χ0) is 9.68. The molecule has 0 bridgehead atoms. The van der Waals surface area contributed by atoms with Gasteiger partial charge in [0.25, 0.3) is 0 Å². The van der Waals surface area contributed by atoms with Gasteiger partial charge in [-0.2, -0.15) is 0 Å². The van der Waals surface area contributed by atoms with E-state index in [-0.39, 0.29) is 0 Å². The van der Waals surface area contributed by atoms with Gasteiger partial charge in [-0.25, -0.2) is 6.57 Å². The molecule has 1 aromatic rings. The first kappa shape index (κ1) is 9.80. The van der Waals surface area contributed by atoms with E-state index in [9.17, 15) is 0 Å². The lowest BCUT2D eigenvalue weighted by Gasteiger charge is -2.06. The Bertz CT molecular complexity index is 307. The van der Waals surface area contributed by atoms with E-state index in [4.69, 9.17) is 6.57 Å². The Morgan fingerprint density at radius 3 is 2.77 bits per heavy atom. The first-order valence-electron chi connectivity index (χ1n) is 4.66. The van der Waals surface area contributed by atoms with Gasteiger partial charge in [0.15, 0.2) is 0 Å². The van der Waals surface area contributed by atoms with Crippen LogP contribution in [0.25, 0.3) is 4.85 Å². The summed E-state index contributed by atoms with van der Waals surface area (Å²) in [5.41, 5.74) is 2.64. The molecule has 13 heavy (non-hydrogen) atoms. The van der Waals surface area contributed by atoms with Crippen LogP contribution in [-0.2, 0) is 6.42 Å². The largest absolute Gasteiger partial charge is 0.317 e. The van der Waals surface area contributed by atoms with E-state index in [1.54, 1.807) is 0 Å². The predicted molar refractivity (Wildman–Crippen MR) is 55.7 cm³/mol. The molecule has 0 amide bonds. The highest BCUT2D eigenvalue weighted by Gasteiger charge is 2.00. The maximum atomic E-state index is 6.72. The van der Waals surface area contributed by atoms with Crippen molar-refractivity contribution in [1.82, 2.24) is 0 Å². The van der Waals surface area contributed by atoms with Crippen LogP contribution in [0.3, 0.4) is 0 Å². The highest BCUT2D eigenvalue weighted by atomic mass is 14.6. The van der Waals surface area contributed by atoms with Crippen LogP contribution < -0.4 is 0 Å². The second-order valence-electron chi connectivity index (χ2n) is 3.53. The standard InChI is InChI=1S/C12H15N/c1-10(2)12-6-4-5-11(9-12)7-8-13-3/h4-6,9-10H,7-8H2,1-2H3. The van der Waals surface area contributed by atoms with E-state index in [0.29, 0.717) is 12.5 Å². The van der Waals surface area contributed by atoms with Gasteiger partial charge in [-0.15, -0.1) is 0 Å². The number of nitrogens with zero attached hydrogens (tertiary/aromatic N) is 1. The average molecular weight is 173 g/mol. The minimum atomic E-state index is 0.577. The summed E-state index contributed by atoms with van der Waals surface area (Å²) in [6.07, 6.45) is 0.879. The van der Waals surface area contributed by atoms with Crippen LogP contribution in [-0.4, -0.2) is 6.54 Å². The van der Waals surface area contributed by atoms with Crippen molar-refractivity contribution >= 4 is 0 Å². The number of hydrogen-bond acceptors (Lipinski definition) is 0. The van der Waals surface area contributed by atoms with Crippen LogP contribution in [0.4, 0.5) is 0 Å². The first-order chi connectivity index (χ1) is 6.24. The molecule has 0 spiro atoms. The molecule has 0 atom stereocenters. The van der Waals surface area contributed by atoms with Gasteiger partial charge in [0.05, 0.1) is 0 Å². The highest BCUT2D eigenvalue weighted by Crippen LogP contribution is 2.15. The monoisotopic (exact) mass is 173 g/mol. The molecule has 0 radical (unpaired) electrons. The first-order valence-corrected chi connectivity index (χ1v) is 4.66. The minimum absolute atomic E-state index is 0.577. The molecule has 0 saturated carbocycles. The zero-order valence-electron chi connectivity index (χ0n) is 8.25. The number of rotatable bonds is 3. The van der Waals surface area contributed by atoms with Crippen LogP contribution >= 0.6 is 0 Å². The quantitative estimate of drug-likeness (QED) is 0.618. The average Bonchev–Trinajstić information content (AvgIpc) is 2.15. The lowest BCUT2D eigenvalue weighted by molar-refractivity contribution is 0.862. The van der Waals surface area contributed by atoms with Gasteiger partial charge in [0.2, 0.25) is 6.54 Å². The summed E-state index contributed by atoms with van der Waals surface area (Å²) in [6.45, 7) is 11.7. The Hall–Kier alpha value is -1.29. The van der Waals surface area contributed by atoms with Crippen molar-refractivity contribution < 1.29 is 0 Å². The van der Waals surface area contributed by atoms with Gasteiger partial charge in [0.1, 0.15) is 0 Å². The SMILES string of the molecule is [C-]#[N+]CCc1cccc(C(C)C)c1. The molecule has 0 fully saturated rings. The second kappa shape index (κ2) is 4.67. The molecule has 1 rings (SSSR count). The molecule has 0 N–H and O–H groups in total. The van der Waals surface area contributed by atoms with E-state index in [0.717, 1.165) is 6.42 Å². The van der Waals surface area contributed by atoms with E-state index in [1.807, 2.05) is 0 Å². The molecular formula is C12H15N. The van der Waals surface area contributed by atoms with Crippen LogP contribution in [0.2, 0.25) is 0 Å². The van der Waals surface area contributed by atoms with Crippen molar-refractivity contribution in [3.05, 3.63) is 46.8 Å². The summed E-state index contributed by atoms with van der Waals surface area (Å²) >= 11 is 0. The number of hydrogen-bond donors (Lipinski definition) is 0. The van der Waals surface area contributed by atoms with Crippen molar-refractivity contribution in [2.45, 2.75) is 26.2 Å². The van der Waals surface area contributed by atoms with E-state index in [2.05, 4.69) is 43.0 Å². The third kappa shape index (κ3) is 2.91. The number of benzene rings is 1. The summed E-state index contributed by atoms with van der Waals surface area (Å²) in [6, 6.07) is 8.52. The van der Waals surface area contributed by atoms with Gasteiger partial charge in [0, 0.05) is 6.42 Å². The van der Waals surface area contributed by atoms with Crippen LogP contribution in [0.1, 0.15) is 30.9 Å². The second-order valence-corrected chi connectivity index (χ2v) is 3.53. The topological polar surface area (TPSA) is 4.36 Å². The van der Waals surface area contributed by atoms with Crippen LogP contribution in [0.15, 0.2) is 24.3 Å². The maximum Gasteiger partial charge on any atom is 0.218 e. The Balaban J connectivity index is 2.75. The molecule has 0 heterocycles. The molecule has 1 aromatic carbocycles.